The van der Waals surface area contributed by atoms with E-state index in [0.29, 0.717) is 5.92 Å². The highest BCUT2D eigenvalue weighted by Crippen LogP contribution is 2.26. The fourth-order valence-electron chi connectivity index (χ4n) is 2.07. The van der Waals surface area contributed by atoms with Gasteiger partial charge in [0.05, 0.1) is 0 Å². The van der Waals surface area contributed by atoms with E-state index in [1.807, 2.05) is 12.3 Å². The monoisotopic (exact) mass is 200 g/mol. The molecule has 0 N–H and O–H groups in total. The number of likely N-dealkylation sites (tertiary alicyclic amines) is 1. The van der Waals surface area contributed by atoms with Crippen molar-refractivity contribution in [2.75, 3.05) is 20.1 Å². The normalized spacial score (nSPS) is 18.7. The number of rotatable bonds is 1. The predicted molar refractivity (Wildman–Crippen MR) is 61.6 cm³/mol. The molecule has 2 nitrogen and oxygen atoms in total. The van der Waals surface area contributed by atoms with Crippen molar-refractivity contribution in [3.05, 3.63) is 29.6 Å². The van der Waals surface area contributed by atoms with E-state index in [9.17, 15) is 0 Å². The lowest BCUT2D eigenvalue weighted by Gasteiger charge is -2.28. The molecule has 0 saturated carbocycles. The molecule has 15 heavy (non-hydrogen) atoms. The SMILES string of the molecule is C#Cc1ccnc(C2CCN(C)CC2)c1. The molecule has 1 aliphatic rings. The molecule has 2 heterocycles. The van der Waals surface area contributed by atoms with Gasteiger partial charge in [-0.15, -0.1) is 6.42 Å². The van der Waals surface area contributed by atoms with Crippen LogP contribution in [-0.4, -0.2) is 30.0 Å². The summed E-state index contributed by atoms with van der Waals surface area (Å²) in [4.78, 5) is 6.78. The fourth-order valence-corrected chi connectivity index (χ4v) is 2.07. The van der Waals surface area contributed by atoms with Crippen molar-refractivity contribution in [3.63, 3.8) is 0 Å². The highest BCUT2D eigenvalue weighted by Gasteiger charge is 2.19. The van der Waals surface area contributed by atoms with Gasteiger partial charge in [-0.1, -0.05) is 5.92 Å². The topological polar surface area (TPSA) is 16.1 Å². The Labute approximate surface area is 91.3 Å². The summed E-state index contributed by atoms with van der Waals surface area (Å²) in [5.41, 5.74) is 2.11. The van der Waals surface area contributed by atoms with Gasteiger partial charge in [0.15, 0.2) is 0 Å². The van der Waals surface area contributed by atoms with Crippen molar-refractivity contribution in [2.24, 2.45) is 0 Å². The summed E-state index contributed by atoms with van der Waals surface area (Å²) in [6, 6.07) is 3.94. The van der Waals surface area contributed by atoms with E-state index in [-0.39, 0.29) is 0 Å². The lowest BCUT2D eigenvalue weighted by atomic mass is 9.93. The third-order valence-corrected chi connectivity index (χ3v) is 3.08. The van der Waals surface area contributed by atoms with Crippen molar-refractivity contribution in [2.45, 2.75) is 18.8 Å². The lowest BCUT2D eigenvalue weighted by molar-refractivity contribution is 0.253. The molecular weight excluding hydrogens is 184 g/mol. The van der Waals surface area contributed by atoms with Crippen LogP contribution in [0.15, 0.2) is 18.3 Å². The van der Waals surface area contributed by atoms with Gasteiger partial charge in [-0.05, 0) is 45.1 Å². The molecule has 1 saturated heterocycles. The fraction of sp³-hybridized carbons (Fsp3) is 0.462. The van der Waals surface area contributed by atoms with Gasteiger partial charge in [-0.2, -0.15) is 0 Å². The predicted octanol–water partition coefficient (Wildman–Crippen LogP) is 1.87. The number of piperidine rings is 1. The first-order valence-electron chi connectivity index (χ1n) is 5.40. The highest BCUT2D eigenvalue weighted by atomic mass is 15.1. The molecule has 0 radical (unpaired) electrons. The molecule has 2 heteroatoms. The van der Waals surface area contributed by atoms with Gasteiger partial charge >= 0.3 is 0 Å². The van der Waals surface area contributed by atoms with Gasteiger partial charge in [0.2, 0.25) is 0 Å². The van der Waals surface area contributed by atoms with Crippen molar-refractivity contribution >= 4 is 0 Å². The molecule has 0 bridgehead atoms. The van der Waals surface area contributed by atoms with Crippen molar-refractivity contribution in [3.8, 4) is 12.3 Å². The summed E-state index contributed by atoms with van der Waals surface area (Å²) in [6.45, 7) is 2.32. The quantitative estimate of drug-likeness (QED) is 0.643. The number of terminal acetylenes is 1. The maximum atomic E-state index is 5.38. The van der Waals surface area contributed by atoms with Crippen molar-refractivity contribution in [1.29, 1.82) is 0 Å². The summed E-state index contributed by atoms with van der Waals surface area (Å²) in [7, 11) is 2.17. The largest absolute Gasteiger partial charge is 0.306 e. The van der Waals surface area contributed by atoms with E-state index in [0.717, 1.165) is 18.7 Å². The molecule has 1 aliphatic heterocycles. The van der Waals surface area contributed by atoms with Crippen LogP contribution < -0.4 is 0 Å². The molecular formula is C13H16N2. The minimum absolute atomic E-state index is 0.592. The number of hydrogen-bond acceptors (Lipinski definition) is 2. The van der Waals surface area contributed by atoms with E-state index < -0.39 is 0 Å². The maximum absolute atomic E-state index is 5.38. The first-order valence-corrected chi connectivity index (χ1v) is 5.40. The molecule has 0 unspecified atom stereocenters. The Hall–Kier alpha value is -1.33. The molecule has 0 amide bonds. The van der Waals surface area contributed by atoms with Gasteiger partial charge in [-0.3, -0.25) is 4.98 Å². The summed E-state index contributed by atoms with van der Waals surface area (Å²) >= 11 is 0. The first kappa shape index (κ1) is 10.2. The Bertz CT molecular complexity index is 370. The van der Waals surface area contributed by atoms with Crippen LogP contribution in [0.5, 0.6) is 0 Å². The summed E-state index contributed by atoms with van der Waals surface area (Å²) in [5.74, 6) is 3.26. The molecule has 1 aromatic heterocycles. The van der Waals surface area contributed by atoms with Crippen LogP contribution in [0, 0.1) is 12.3 Å². The summed E-state index contributed by atoms with van der Waals surface area (Å²) in [5, 5.41) is 0. The molecule has 2 rings (SSSR count). The van der Waals surface area contributed by atoms with Crippen LogP contribution >= 0.6 is 0 Å². The molecule has 0 aliphatic carbocycles. The van der Waals surface area contributed by atoms with Gasteiger partial charge in [0, 0.05) is 23.4 Å². The molecule has 0 atom stereocenters. The van der Waals surface area contributed by atoms with E-state index in [1.165, 1.54) is 18.5 Å². The number of pyridine rings is 1. The Morgan fingerprint density at radius 2 is 2.20 bits per heavy atom. The van der Waals surface area contributed by atoms with Crippen LogP contribution in [0.1, 0.15) is 30.0 Å². The smallest absolute Gasteiger partial charge is 0.0447 e. The average Bonchev–Trinajstić information content (AvgIpc) is 2.30. The number of hydrogen-bond donors (Lipinski definition) is 0. The van der Waals surface area contributed by atoms with E-state index in [1.54, 1.807) is 0 Å². The molecule has 78 valence electrons. The second-order valence-corrected chi connectivity index (χ2v) is 4.19. The Kier molecular flexibility index (Phi) is 3.03. The van der Waals surface area contributed by atoms with Gasteiger partial charge < -0.3 is 4.90 Å². The highest BCUT2D eigenvalue weighted by molar-refractivity contribution is 5.33. The Morgan fingerprint density at radius 1 is 1.47 bits per heavy atom. The lowest BCUT2D eigenvalue weighted by Crippen LogP contribution is -2.29. The Morgan fingerprint density at radius 3 is 2.87 bits per heavy atom. The van der Waals surface area contributed by atoms with E-state index in [2.05, 4.69) is 28.9 Å². The second-order valence-electron chi connectivity index (χ2n) is 4.19. The van der Waals surface area contributed by atoms with E-state index in [4.69, 9.17) is 6.42 Å². The first-order chi connectivity index (χ1) is 7.29. The third-order valence-electron chi connectivity index (χ3n) is 3.08. The van der Waals surface area contributed by atoms with Gasteiger partial charge in [0.25, 0.3) is 0 Å². The zero-order valence-electron chi connectivity index (χ0n) is 9.11. The second kappa shape index (κ2) is 4.46. The van der Waals surface area contributed by atoms with Crippen molar-refractivity contribution < 1.29 is 0 Å². The number of nitrogens with zero attached hydrogens (tertiary/aromatic N) is 2. The molecule has 0 aromatic carbocycles. The number of aromatic nitrogens is 1. The third kappa shape index (κ3) is 2.37. The van der Waals surface area contributed by atoms with Crippen LogP contribution in [0.2, 0.25) is 0 Å². The van der Waals surface area contributed by atoms with Crippen LogP contribution in [0.3, 0.4) is 0 Å². The van der Waals surface area contributed by atoms with Crippen LogP contribution in [0.4, 0.5) is 0 Å². The minimum Gasteiger partial charge on any atom is -0.306 e. The Balaban J connectivity index is 2.12. The van der Waals surface area contributed by atoms with Gasteiger partial charge in [0.1, 0.15) is 0 Å². The van der Waals surface area contributed by atoms with Gasteiger partial charge in [-0.25, -0.2) is 0 Å². The summed E-state index contributed by atoms with van der Waals surface area (Å²) < 4.78 is 0. The van der Waals surface area contributed by atoms with Crippen LogP contribution in [-0.2, 0) is 0 Å². The average molecular weight is 200 g/mol. The molecule has 0 spiro atoms. The standard InChI is InChI=1S/C13H16N2/c1-3-11-4-7-14-13(10-11)12-5-8-15(2)9-6-12/h1,4,7,10,12H,5-6,8-9H2,2H3. The zero-order chi connectivity index (χ0) is 10.7. The maximum Gasteiger partial charge on any atom is 0.0447 e. The van der Waals surface area contributed by atoms with E-state index >= 15 is 0 Å². The van der Waals surface area contributed by atoms with Crippen LogP contribution in [0.25, 0.3) is 0 Å². The molecule has 1 aromatic rings. The summed E-state index contributed by atoms with van der Waals surface area (Å²) in [6.07, 6.45) is 9.59. The zero-order valence-corrected chi connectivity index (χ0v) is 9.11. The molecule has 1 fully saturated rings. The van der Waals surface area contributed by atoms with Crippen molar-refractivity contribution in [1.82, 2.24) is 9.88 Å². The minimum atomic E-state index is 0.592.